The van der Waals surface area contributed by atoms with Crippen molar-refractivity contribution in [2.45, 2.75) is 18.9 Å². The maximum Gasteiger partial charge on any atom is 0.265 e. The topological polar surface area (TPSA) is 75.9 Å². The molecule has 2 amide bonds. The van der Waals surface area contributed by atoms with E-state index in [4.69, 9.17) is 20.8 Å². The van der Waals surface area contributed by atoms with Crippen molar-refractivity contribution in [2.75, 3.05) is 25.5 Å². The number of aromatic nitrogens is 1. The summed E-state index contributed by atoms with van der Waals surface area (Å²) in [6, 6.07) is 14.6. The third kappa shape index (κ3) is 4.41. The van der Waals surface area contributed by atoms with Crippen molar-refractivity contribution in [3.63, 3.8) is 0 Å². The molecule has 7 nitrogen and oxygen atoms in total. The molecule has 0 saturated carbocycles. The van der Waals surface area contributed by atoms with Crippen molar-refractivity contribution in [2.24, 2.45) is 0 Å². The van der Waals surface area contributed by atoms with Gasteiger partial charge in [-0.2, -0.15) is 0 Å². The van der Waals surface area contributed by atoms with Crippen molar-refractivity contribution in [3.8, 4) is 17.1 Å². The number of nitrogens with zero attached hydrogens (tertiary/aromatic N) is 3. The highest BCUT2D eigenvalue weighted by Gasteiger charge is 2.34. The molecule has 0 radical (unpaired) electrons. The van der Waals surface area contributed by atoms with Gasteiger partial charge in [-0.05, 0) is 24.3 Å². The molecule has 3 aromatic rings. The lowest BCUT2D eigenvalue weighted by atomic mass is 10.1. The number of anilines is 1. The molecule has 2 aromatic carbocycles. The molecular weight excluding hydrogens is 418 g/mol. The van der Waals surface area contributed by atoms with Crippen molar-refractivity contribution < 1.29 is 18.7 Å². The summed E-state index contributed by atoms with van der Waals surface area (Å²) >= 11 is 6.21. The van der Waals surface area contributed by atoms with Gasteiger partial charge < -0.3 is 19.0 Å². The van der Waals surface area contributed by atoms with E-state index in [2.05, 4.69) is 4.98 Å². The number of rotatable bonds is 5. The van der Waals surface area contributed by atoms with Crippen LogP contribution in [0.4, 0.5) is 5.69 Å². The average Bonchev–Trinajstić information content (AvgIpc) is 3.25. The van der Waals surface area contributed by atoms with Crippen molar-refractivity contribution in [1.29, 1.82) is 0 Å². The van der Waals surface area contributed by atoms with Crippen LogP contribution in [0.1, 0.15) is 12.3 Å². The summed E-state index contributed by atoms with van der Waals surface area (Å²) in [6.45, 7) is 0.156. The summed E-state index contributed by atoms with van der Waals surface area (Å²) in [7, 11) is 3.33. The molecule has 0 aliphatic carbocycles. The number of para-hydroxylation sites is 2. The third-order valence-electron chi connectivity index (χ3n) is 5.04. The summed E-state index contributed by atoms with van der Waals surface area (Å²) in [5.74, 6) is 1.20. The molecule has 1 atom stereocenters. The first-order valence-corrected chi connectivity index (χ1v) is 10.3. The first-order chi connectivity index (χ1) is 14.9. The number of benzene rings is 2. The van der Waals surface area contributed by atoms with E-state index in [1.807, 2.05) is 36.4 Å². The van der Waals surface area contributed by atoms with Gasteiger partial charge in [0, 0.05) is 32.5 Å². The summed E-state index contributed by atoms with van der Waals surface area (Å²) in [5, 5.41) is 0.572. The van der Waals surface area contributed by atoms with Crippen LogP contribution in [0.5, 0.6) is 5.75 Å². The highest BCUT2D eigenvalue weighted by molar-refractivity contribution is 6.33. The quantitative estimate of drug-likeness (QED) is 0.604. The second-order valence-electron chi connectivity index (χ2n) is 7.41. The van der Waals surface area contributed by atoms with Gasteiger partial charge in [-0.15, -0.1) is 0 Å². The fourth-order valence-electron chi connectivity index (χ4n) is 3.45. The Hall–Kier alpha value is -3.32. The Balaban J connectivity index is 1.48. The van der Waals surface area contributed by atoms with Crippen LogP contribution < -0.4 is 9.64 Å². The maximum absolute atomic E-state index is 13.1. The predicted octanol–water partition coefficient (Wildman–Crippen LogP) is 3.81. The molecule has 1 aromatic heterocycles. The largest absolute Gasteiger partial charge is 0.476 e. The minimum absolute atomic E-state index is 0.134. The number of fused-ring (bicyclic) bond motifs is 1. The lowest BCUT2D eigenvalue weighted by molar-refractivity contribution is -0.136. The number of aryl methyl sites for hydroxylation is 1. The van der Waals surface area contributed by atoms with E-state index in [0.29, 0.717) is 34.5 Å². The minimum atomic E-state index is -0.748. The zero-order chi connectivity index (χ0) is 22.0. The van der Waals surface area contributed by atoms with Gasteiger partial charge in [-0.3, -0.25) is 9.59 Å². The van der Waals surface area contributed by atoms with Gasteiger partial charge in [0.2, 0.25) is 5.91 Å². The summed E-state index contributed by atoms with van der Waals surface area (Å²) in [5.41, 5.74) is 1.40. The van der Waals surface area contributed by atoms with Gasteiger partial charge in [0.25, 0.3) is 5.91 Å². The molecular formula is C23H22ClN3O4. The van der Waals surface area contributed by atoms with Crippen molar-refractivity contribution in [1.82, 2.24) is 9.88 Å². The van der Waals surface area contributed by atoms with Gasteiger partial charge >= 0.3 is 0 Å². The second-order valence-corrected chi connectivity index (χ2v) is 7.82. The Kier molecular flexibility index (Phi) is 5.95. The zero-order valence-electron chi connectivity index (χ0n) is 17.2. The van der Waals surface area contributed by atoms with E-state index < -0.39 is 6.10 Å². The Bertz CT molecular complexity index is 1110. The molecule has 0 saturated heterocycles. The number of carbonyl (C=O) groups excluding carboxylic acids is 2. The predicted molar refractivity (Wildman–Crippen MR) is 117 cm³/mol. The smallest absolute Gasteiger partial charge is 0.265 e. The first kappa shape index (κ1) is 20.9. The Labute approximate surface area is 185 Å². The summed E-state index contributed by atoms with van der Waals surface area (Å²) < 4.78 is 11.6. The Morgan fingerprint density at radius 1 is 1.16 bits per heavy atom. The molecule has 2 heterocycles. The molecule has 0 N–H and O–H groups in total. The normalized spacial score (nSPS) is 15.2. The number of carbonyl (C=O) groups is 2. The van der Waals surface area contributed by atoms with E-state index in [0.717, 1.165) is 5.56 Å². The van der Waals surface area contributed by atoms with Crippen LogP contribution in [0, 0.1) is 0 Å². The number of likely N-dealkylation sites (N-methyl/N-ethyl adjacent to an activating group) is 1. The molecule has 160 valence electrons. The molecule has 0 unspecified atom stereocenters. The Morgan fingerprint density at radius 3 is 2.68 bits per heavy atom. The van der Waals surface area contributed by atoms with Crippen LogP contribution in [0.15, 0.2) is 59.1 Å². The van der Waals surface area contributed by atoms with Crippen molar-refractivity contribution >= 4 is 29.1 Å². The van der Waals surface area contributed by atoms with Crippen LogP contribution >= 0.6 is 11.6 Å². The highest BCUT2D eigenvalue weighted by atomic mass is 35.5. The molecule has 31 heavy (non-hydrogen) atoms. The number of oxazole rings is 1. The van der Waals surface area contributed by atoms with E-state index in [1.165, 1.54) is 4.90 Å². The van der Waals surface area contributed by atoms with E-state index in [9.17, 15) is 9.59 Å². The summed E-state index contributed by atoms with van der Waals surface area (Å²) in [6.07, 6.45) is 1.37. The highest BCUT2D eigenvalue weighted by Crippen LogP contribution is 2.34. The lowest BCUT2D eigenvalue weighted by Crippen LogP contribution is -2.50. The number of amides is 2. The van der Waals surface area contributed by atoms with Gasteiger partial charge in [-0.1, -0.05) is 35.9 Å². The van der Waals surface area contributed by atoms with Gasteiger partial charge in [-0.25, -0.2) is 4.98 Å². The van der Waals surface area contributed by atoms with Gasteiger partial charge in [0.05, 0.1) is 23.5 Å². The zero-order valence-corrected chi connectivity index (χ0v) is 18.0. The molecule has 8 heteroatoms. The standard InChI is InChI=1S/C23H22ClN3O4/c1-26(2)23(29)20-14-27(17-9-5-6-10-18(17)30-20)22(28)12-11-21-25-13-19(31-21)15-7-3-4-8-16(15)24/h3-10,13,20H,11-12,14H2,1-2H3/t20-/m1/s1. The number of halogens is 1. The number of hydrogen-bond donors (Lipinski definition) is 0. The second kappa shape index (κ2) is 8.81. The molecule has 0 fully saturated rings. The Morgan fingerprint density at radius 2 is 1.90 bits per heavy atom. The first-order valence-electron chi connectivity index (χ1n) is 9.91. The number of ether oxygens (including phenoxy) is 1. The van der Waals surface area contributed by atoms with E-state index in [1.54, 1.807) is 37.3 Å². The van der Waals surface area contributed by atoms with E-state index in [-0.39, 0.29) is 24.8 Å². The molecule has 0 bridgehead atoms. The van der Waals surface area contributed by atoms with Crippen LogP contribution in [0.3, 0.4) is 0 Å². The molecule has 1 aliphatic rings. The monoisotopic (exact) mass is 439 g/mol. The van der Waals surface area contributed by atoms with Crippen LogP contribution in [-0.2, 0) is 16.0 Å². The molecule has 4 rings (SSSR count). The lowest BCUT2D eigenvalue weighted by Gasteiger charge is -2.35. The minimum Gasteiger partial charge on any atom is -0.476 e. The average molecular weight is 440 g/mol. The molecule has 0 spiro atoms. The SMILES string of the molecule is CN(C)C(=O)[C@H]1CN(C(=O)CCc2ncc(-c3ccccc3Cl)o2)c2ccccc2O1. The van der Waals surface area contributed by atoms with Gasteiger partial charge in [0.15, 0.2) is 17.8 Å². The maximum atomic E-state index is 13.1. The fraction of sp³-hybridized carbons (Fsp3) is 0.261. The van der Waals surface area contributed by atoms with Crippen LogP contribution in [0.25, 0.3) is 11.3 Å². The van der Waals surface area contributed by atoms with E-state index >= 15 is 0 Å². The van der Waals surface area contributed by atoms with Crippen LogP contribution in [0.2, 0.25) is 5.02 Å². The number of hydrogen-bond acceptors (Lipinski definition) is 5. The summed E-state index contributed by atoms with van der Waals surface area (Å²) in [4.78, 5) is 32.8. The fourth-order valence-corrected chi connectivity index (χ4v) is 3.68. The van der Waals surface area contributed by atoms with Crippen LogP contribution in [-0.4, -0.2) is 48.4 Å². The molecule has 1 aliphatic heterocycles. The van der Waals surface area contributed by atoms with Crippen molar-refractivity contribution in [3.05, 3.63) is 65.6 Å². The van der Waals surface area contributed by atoms with Gasteiger partial charge in [0.1, 0.15) is 5.75 Å². The third-order valence-corrected chi connectivity index (χ3v) is 5.37.